The Morgan fingerprint density at radius 2 is 1.15 bits per heavy atom. The minimum atomic E-state index is -1.84. The first-order valence-corrected chi connectivity index (χ1v) is 26.3. The summed E-state index contributed by atoms with van der Waals surface area (Å²) in [5, 5.41) is 3.15. The van der Waals surface area contributed by atoms with Gasteiger partial charge in [-0.05, 0) is 157 Å². The summed E-state index contributed by atoms with van der Waals surface area (Å²) in [5.74, 6) is 2.47. The Balaban J connectivity index is 1.07. The lowest BCUT2D eigenvalue weighted by molar-refractivity contribution is 0.0550. The van der Waals surface area contributed by atoms with Crippen LogP contribution in [0.4, 0.5) is 11.4 Å². The standard InChI is InChI=1S/C58H61NSi/c1-55(2)31-32-56(3,4)54-40(16-11-21-46(54)55)37-27-29-39(30-28-37)59(58-34-36-25-26-38(35-58)47(58)33-36)48-22-14-20-45-53(48)52-42(17-12-19-44(52)57(45,5)6)41-18-13-24-50-51(41)43-15-9-10-23-49(43)60(50,7)8/h9-24,27-30,36,38,47H,25-26,31-35H2,1-8H3/t36-,38?,47?,58?/m0/s1. The van der Waals surface area contributed by atoms with Crippen molar-refractivity contribution in [1.29, 1.82) is 0 Å². The van der Waals surface area contributed by atoms with Crippen LogP contribution < -0.4 is 15.3 Å². The van der Waals surface area contributed by atoms with Crippen molar-refractivity contribution >= 4 is 29.8 Å². The van der Waals surface area contributed by atoms with Crippen molar-refractivity contribution in [3.8, 4) is 44.5 Å². The van der Waals surface area contributed by atoms with E-state index >= 15 is 0 Å². The van der Waals surface area contributed by atoms with Gasteiger partial charge in [0.2, 0.25) is 0 Å². The van der Waals surface area contributed by atoms with Gasteiger partial charge in [0, 0.05) is 27.9 Å². The smallest absolute Gasteiger partial charge is 0.113 e. The number of hydrogen-bond donors (Lipinski definition) is 0. The van der Waals surface area contributed by atoms with Gasteiger partial charge < -0.3 is 4.90 Å². The Bertz CT molecular complexity index is 2780. The molecule has 3 unspecified atom stereocenters. The second kappa shape index (κ2) is 12.2. The monoisotopic (exact) mass is 799 g/mol. The molecular formula is C58H61NSi. The predicted octanol–water partition coefficient (Wildman–Crippen LogP) is 14.2. The van der Waals surface area contributed by atoms with E-state index < -0.39 is 8.07 Å². The Kier molecular flexibility index (Phi) is 7.58. The van der Waals surface area contributed by atoms with Crippen LogP contribution in [0.2, 0.25) is 13.1 Å². The summed E-state index contributed by atoms with van der Waals surface area (Å²) in [6, 6.07) is 48.3. The molecule has 0 N–H and O–H groups in total. The molecule has 1 aliphatic heterocycles. The first-order valence-electron chi connectivity index (χ1n) is 23.3. The third kappa shape index (κ3) is 4.81. The van der Waals surface area contributed by atoms with E-state index in [9.17, 15) is 0 Å². The zero-order valence-corrected chi connectivity index (χ0v) is 38.2. The van der Waals surface area contributed by atoms with Crippen molar-refractivity contribution in [3.05, 3.63) is 144 Å². The first-order chi connectivity index (χ1) is 28.7. The van der Waals surface area contributed by atoms with E-state index in [1.54, 1.807) is 15.9 Å². The maximum Gasteiger partial charge on any atom is 0.113 e. The van der Waals surface area contributed by atoms with Crippen LogP contribution in [0.1, 0.15) is 109 Å². The summed E-state index contributed by atoms with van der Waals surface area (Å²) in [6.07, 6.45) is 9.32. The van der Waals surface area contributed by atoms with Gasteiger partial charge in [0.05, 0.1) is 0 Å². The summed E-state index contributed by atoms with van der Waals surface area (Å²) in [7, 11) is -1.84. The SMILES string of the molecule is CC1(C)CCC(C)(C)c2c(-c3ccc(N(c4cccc5c4-c4c(-c6cccc7c6-c6ccccc6[Si]7(C)C)cccc4C5(C)C)C45CC6CC[C@@H](CC64)C5)cc3)cccc21. The zero-order chi connectivity index (χ0) is 41.1. The van der Waals surface area contributed by atoms with Crippen molar-refractivity contribution in [2.24, 2.45) is 17.8 Å². The van der Waals surface area contributed by atoms with E-state index in [0.29, 0.717) is 0 Å². The molecule has 6 aromatic rings. The number of nitrogens with zero attached hydrogens (tertiary/aromatic N) is 1. The fraction of sp³-hybridized carbons (Fsp3) is 0.379. The highest BCUT2D eigenvalue weighted by Crippen LogP contribution is 2.68. The third-order valence-corrected chi connectivity index (χ3v) is 21.2. The molecule has 3 fully saturated rings. The van der Waals surface area contributed by atoms with Gasteiger partial charge >= 0.3 is 0 Å². The molecule has 0 radical (unpaired) electrons. The molecule has 1 nitrogen and oxygen atoms in total. The Labute approximate surface area is 360 Å². The second-order valence-electron chi connectivity index (χ2n) is 22.4. The Morgan fingerprint density at radius 1 is 0.533 bits per heavy atom. The highest BCUT2D eigenvalue weighted by atomic mass is 28.3. The van der Waals surface area contributed by atoms with Gasteiger partial charge in [0.25, 0.3) is 0 Å². The molecule has 60 heavy (non-hydrogen) atoms. The summed E-state index contributed by atoms with van der Waals surface area (Å²) in [4.78, 5) is 2.94. The quantitative estimate of drug-likeness (QED) is 0.157. The Hall–Kier alpha value is -4.66. The normalized spacial score (nSPS) is 26.0. The van der Waals surface area contributed by atoms with E-state index in [4.69, 9.17) is 0 Å². The van der Waals surface area contributed by atoms with E-state index in [0.717, 1.165) is 17.8 Å². The van der Waals surface area contributed by atoms with E-state index in [2.05, 4.69) is 181 Å². The number of hydrogen-bond acceptors (Lipinski definition) is 1. The Morgan fingerprint density at radius 3 is 1.93 bits per heavy atom. The minimum absolute atomic E-state index is 0.117. The summed E-state index contributed by atoms with van der Waals surface area (Å²) in [5.41, 5.74) is 20.6. The summed E-state index contributed by atoms with van der Waals surface area (Å²) in [6.45, 7) is 19.9. The molecule has 0 aromatic heterocycles. The van der Waals surface area contributed by atoms with Crippen LogP contribution in [0.5, 0.6) is 0 Å². The van der Waals surface area contributed by atoms with Gasteiger partial charge in [0.15, 0.2) is 0 Å². The van der Waals surface area contributed by atoms with Crippen molar-refractivity contribution in [2.75, 3.05) is 4.90 Å². The van der Waals surface area contributed by atoms with Gasteiger partial charge in [-0.25, -0.2) is 0 Å². The predicted molar refractivity (Wildman–Crippen MR) is 257 cm³/mol. The van der Waals surface area contributed by atoms with Crippen LogP contribution in [-0.2, 0) is 16.2 Å². The lowest BCUT2D eigenvalue weighted by Crippen LogP contribution is -2.60. The van der Waals surface area contributed by atoms with Crippen molar-refractivity contribution in [3.63, 3.8) is 0 Å². The molecule has 6 aromatic carbocycles. The molecule has 12 rings (SSSR count). The van der Waals surface area contributed by atoms with Crippen LogP contribution in [-0.4, -0.2) is 13.6 Å². The van der Waals surface area contributed by atoms with Crippen molar-refractivity contribution in [2.45, 2.75) is 121 Å². The average molecular weight is 800 g/mol. The molecule has 1 heterocycles. The highest BCUT2D eigenvalue weighted by molar-refractivity contribution is 7.04. The molecule has 4 atom stereocenters. The average Bonchev–Trinajstić information content (AvgIpc) is 3.62. The van der Waals surface area contributed by atoms with Crippen LogP contribution in [0.15, 0.2) is 121 Å². The van der Waals surface area contributed by atoms with Gasteiger partial charge in [-0.2, -0.15) is 0 Å². The largest absolute Gasteiger partial charge is 0.334 e. The van der Waals surface area contributed by atoms with Crippen molar-refractivity contribution < 1.29 is 0 Å². The molecule has 5 aliphatic carbocycles. The molecule has 2 heteroatoms. The van der Waals surface area contributed by atoms with Crippen LogP contribution in [0, 0.1) is 17.8 Å². The zero-order valence-electron chi connectivity index (χ0n) is 37.2. The highest BCUT2D eigenvalue weighted by Gasteiger charge is 2.64. The molecule has 6 aliphatic rings. The van der Waals surface area contributed by atoms with Crippen LogP contribution in [0.3, 0.4) is 0 Å². The van der Waals surface area contributed by atoms with E-state index in [1.165, 1.54) is 118 Å². The fourth-order valence-corrected chi connectivity index (χ4v) is 17.6. The van der Waals surface area contributed by atoms with Gasteiger partial charge in [-0.15, -0.1) is 0 Å². The number of benzene rings is 6. The number of anilines is 2. The minimum Gasteiger partial charge on any atom is -0.334 e. The maximum atomic E-state index is 2.94. The topological polar surface area (TPSA) is 3.24 Å². The van der Waals surface area contributed by atoms with Gasteiger partial charge in [-0.3, -0.25) is 0 Å². The molecular weight excluding hydrogens is 739 g/mol. The molecule has 302 valence electrons. The van der Waals surface area contributed by atoms with Crippen molar-refractivity contribution in [1.82, 2.24) is 0 Å². The lowest BCUT2D eigenvalue weighted by Gasteiger charge is -2.58. The van der Waals surface area contributed by atoms with Gasteiger partial charge in [0.1, 0.15) is 8.07 Å². The first kappa shape index (κ1) is 37.1. The van der Waals surface area contributed by atoms with Gasteiger partial charge in [-0.1, -0.05) is 164 Å². The van der Waals surface area contributed by atoms with Crippen LogP contribution >= 0.6 is 0 Å². The number of rotatable bonds is 5. The van der Waals surface area contributed by atoms with E-state index in [-0.39, 0.29) is 21.8 Å². The molecule has 0 spiro atoms. The molecule has 0 saturated heterocycles. The summed E-state index contributed by atoms with van der Waals surface area (Å²) >= 11 is 0. The fourth-order valence-electron chi connectivity index (χ4n) is 14.5. The van der Waals surface area contributed by atoms with E-state index in [1.807, 2.05) is 0 Å². The maximum absolute atomic E-state index is 2.94. The number of fused-ring (bicyclic) bond motifs is 8. The van der Waals surface area contributed by atoms with Crippen LogP contribution in [0.25, 0.3) is 44.5 Å². The third-order valence-electron chi connectivity index (χ3n) is 17.6. The molecule has 3 saturated carbocycles. The second-order valence-corrected chi connectivity index (χ2v) is 26.7. The lowest BCUT2D eigenvalue weighted by atomic mass is 9.58. The molecule has 2 bridgehead atoms. The molecule has 0 amide bonds. The summed E-state index contributed by atoms with van der Waals surface area (Å²) < 4.78 is 0.